The lowest BCUT2D eigenvalue weighted by atomic mass is 10.2. The van der Waals surface area contributed by atoms with Crippen LogP contribution in [0.4, 0.5) is 5.13 Å². The van der Waals surface area contributed by atoms with E-state index < -0.39 is 0 Å². The quantitative estimate of drug-likeness (QED) is 0.803. The van der Waals surface area contributed by atoms with Crippen LogP contribution in [-0.4, -0.2) is 25.5 Å². The average molecular weight is 301 g/mol. The maximum absolute atomic E-state index is 12.0. The summed E-state index contributed by atoms with van der Waals surface area (Å²) >= 11 is 1.41. The first-order chi connectivity index (χ1) is 10.1. The molecule has 7 heteroatoms. The van der Waals surface area contributed by atoms with Gasteiger partial charge in [-0.1, -0.05) is 31.3 Å². The SMILES string of the molecule is CC(C)c1nnc(NC(=O)Cc2cn3ccccc3n2)s1. The second-order valence-electron chi connectivity index (χ2n) is 5.02. The molecule has 0 aliphatic rings. The molecule has 1 N–H and O–H groups in total. The molecule has 0 saturated heterocycles. The Labute approximate surface area is 125 Å². The first-order valence-electron chi connectivity index (χ1n) is 6.67. The lowest BCUT2D eigenvalue weighted by Crippen LogP contribution is -2.14. The monoisotopic (exact) mass is 301 g/mol. The number of nitrogens with one attached hydrogen (secondary N) is 1. The number of fused-ring (bicyclic) bond motifs is 1. The minimum Gasteiger partial charge on any atom is -0.307 e. The first-order valence-corrected chi connectivity index (χ1v) is 7.49. The van der Waals surface area contributed by atoms with Gasteiger partial charge in [0.25, 0.3) is 0 Å². The van der Waals surface area contributed by atoms with Crippen molar-refractivity contribution in [3.8, 4) is 0 Å². The predicted octanol–water partition coefficient (Wildman–Crippen LogP) is 2.49. The van der Waals surface area contributed by atoms with Crippen molar-refractivity contribution >= 4 is 28.0 Å². The van der Waals surface area contributed by atoms with E-state index in [1.54, 1.807) is 0 Å². The van der Waals surface area contributed by atoms with Crippen LogP contribution in [0, 0.1) is 0 Å². The summed E-state index contributed by atoms with van der Waals surface area (Å²) in [7, 11) is 0. The van der Waals surface area contributed by atoms with Crippen molar-refractivity contribution in [2.24, 2.45) is 0 Å². The Morgan fingerprint density at radius 1 is 1.38 bits per heavy atom. The maximum atomic E-state index is 12.0. The van der Waals surface area contributed by atoms with Crippen molar-refractivity contribution in [3.05, 3.63) is 41.3 Å². The van der Waals surface area contributed by atoms with Gasteiger partial charge in [0.15, 0.2) is 0 Å². The van der Waals surface area contributed by atoms with Crippen LogP contribution in [0.2, 0.25) is 0 Å². The van der Waals surface area contributed by atoms with E-state index in [1.165, 1.54) is 11.3 Å². The summed E-state index contributed by atoms with van der Waals surface area (Å²) in [6.07, 6.45) is 3.98. The van der Waals surface area contributed by atoms with E-state index in [4.69, 9.17) is 0 Å². The van der Waals surface area contributed by atoms with Crippen molar-refractivity contribution < 1.29 is 4.79 Å². The van der Waals surface area contributed by atoms with Crippen molar-refractivity contribution in [2.45, 2.75) is 26.2 Å². The molecular formula is C14H15N5OS. The van der Waals surface area contributed by atoms with Gasteiger partial charge in [0, 0.05) is 18.3 Å². The summed E-state index contributed by atoms with van der Waals surface area (Å²) in [5.74, 6) is 0.177. The zero-order valence-corrected chi connectivity index (χ0v) is 12.6. The Hall–Kier alpha value is -2.28. The second-order valence-corrected chi connectivity index (χ2v) is 6.03. The topological polar surface area (TPSA) is 72.2 Å². The Morgan fingerprint density at radius 2 is 2.24 bits per heavy atom. The molecule has 0 aliphatic carbocycles. The van der Waals surface area contributed by atoms with Gasteiger partial charge < -0.3 is 9.72 Å². The lowest BCUT2D eigenvalue weighted by molar-refractivity contribution is -0.115. The average Bonchev–Trinajstić information content (AvgIpc) is 3.04. The van der Waals surface area contributed by atoms with E-state index in [9.17, 15) is 4.79 Å². The number of nitrogens with zero attached hydrogens (tertiary/aromatic N) is 4. The van der Waals surface area contributed by atoms with E-state index in [0.717, 1.165) is 16.3 Å². The highest BCUT2D eigenvalue weighted by Gasteiger charge is 2.12. The van der Waals surface area contributed by atoms with Gasteiger partial charge in [0.05, 0.1) is 12.1 Å². The van der Waals surface area contributed by atoms with Crippen LogP contribution in [0.1, 0.15) is 30.5 Å². The van der Waals surface area contributed by atoms with Crippen molar-refractivity contribution in [3.63, 3.8) is 0 Å². The fraction of sp³-hybridized carbons (Fsp3) is 0.286. The summed E-state index contributed by atoms with van der Waals surface area (Å²) in [5.41, 5.74) is 1.56. The van der Waals surface area contributed by atoms with Crippen LogP contribution >= 0.6 is 11.3 Å². The highest BCUT2D eigenvalue weighted by atomic mass is 32.1. The van der Waals surface area contributed by atoms with E-state index in [-0.39, 0.29) is 12.3 Å². The Morgan fingerprint density at radius 3 is 2.95 bits per heavy atom. The normalized spacial score (nSPS) is 11.2. The van der Waals surface area contributed by atoms with E-state index in [2.05, 4.69) is 20.5 Å². The van der Waals surface area contributed by atoms with Gasteiger partial charge in [0.2, 0.25) is 11.0 Å². The molecule has 3 heterocycles. The van der Waals surface area contributed by atoms with Crippen LogP contribution in [0.5, 0.6) is 0 Å². The molecule has 0 aromatic carbocycles. The summed E-state index contributed by atoms with van der Waals surface area (Å²) < 4.78 is 1.89. The number of imidazole rings is 1. The third-order valence-electron chi connectivity index (χ3n) is 2.94. The molecule has 3 aromatic heterocycles. The fourth-order valence-corrected chi connectivity index (χ4v) is 2.68. The molecular weight excluding hydrogens is 286 g/mol. The van der Waals surface area contributed by atoms with Crippen molar-refractivity contribution in [2.75, 3.05) is 5.32 Å². The zero-order chi connectivity index (χ0) is 14.8. The standard InChI is InChI=1S/C14H15N5OS/c1-9(2)13-17-18-14(21-13)16-12(20)7-10-8-19-6-4-3-5-11(19)15-10/h3-6,8-9H,7H2,1-2H3,(H,16,18,20). The fourth-order valence-electron chi connectivity index (χ4n) is 1.92. The molecule has 6 nitrogen and oxygen atoms in total. The highest BCUT2D eigenvalue weighted by Crippen LogP contribution is 2.22. The van der Waals surface area contributed by atoms with Gasteiger partial charge >= 0.3 is 0 Å². The van der Waals surface area contributed by atoms with Crippen LogP contribution in [0.15, 0.2) is 30.6 Å². The number of anilines is 1. The van der Waals surface area contributed by atoms with Gasteiger partial charge in [-0.05, 0) is 12.1 Å². The molecule has 0 unspecified atom stereocenters. The smallest absolute Gasteiger partial charge is 0.232 e. The Kier molecular flexibility index (Phi) is 3.66. The number of carbonyl (C=O) groups excluding carboxylic acids is 1. The molecule has 1 amide bonds. The van der Waals surface area contributed by atoms with E-state index in [0.29, 0.717) is 11.0 Å². The third kappa shape index (κ3) is 3.08. The number of aromatic nitrogens is 4. The van der Waals surface area contributed by atoms with Crippen LogP contribution in [0.3, 0.4) is 0 Å². The molecule has 108 valence electrons. The summed E-state index contributed by atoms with van der Waals surface area (Å²) in [5, 5.41) is 12.2. The number of amides is 1. The minimum absolute atomic E-state index is 0.134. The van der Waals surface area contributed by atoms with Gasteiger partial charge in [-0.2, -0.15) is 0 Å². The largest absolute Gasteiger partial charge is 0.307 e. The highest BCUT2D eigenvalue weighted by molar-refractivity contribution is 7.15. The van der Waals surface area contributed by atoms with Gasteiger partial charge in [0.1, 0.15) is 10.7 Å². The predicted molar refractivity (Wildman–Crippen MR) is 81.5 cm³/mol. The molecule has 0 spiro atoms. The number of hydrogen-bond donors (Lipinski definition) is 1. The van der Waals surface area contributed by atoms with Crippen LogP contribution < -0.4 is 5.32 Å². The number of rotatable bonds is 4. The zero-order valence-electron chi connectivity index (χ0n) is 11.8. The summed E-state index contributed by atoms with van der Waals surface area (Å²) in [6, 6.07) is 5.75. The lowest BCUT2D eigenvalue weighted by Gasteiger charge is -1.98. The maximum Gasteiger partial charge on any atom is 0.232 e. The third-order valence-corrected chi connectivity index (χ3v) is 4.08. The molecule has 0 fully saturated rings. The van der Waals surface area contributed by atoms with Crippen molar-refractivity contribution in [1.82, 2.24) is 19.6 Å². The number of pyridine rings is 1. The first kappa shape index (κ1) is 13.7. The van der Waals surface area contributed by atoms with Crippen LogP contribution in [-0.2, 0) is 11.2 Å². The Bertz CT molecular complexity index is 743. The summed E-state index contributed by atoms with van der Waals surface area (Å²) in [4.78, 5) is 16.4. The van der Waals surface area contributed by atoms with Crippen LogP contribution in [0.25, 0.3) is 5.65 Å². The van der Waals surface area contributed by atoms with Gasteiger partial charge in [-0.15, -0.1) is 10.2 Å². The van der Waals surface area contributed by atoms with Gasteiger partial charge in [-0.3, -0.25) is 4.79 Å². The molecule has 21 heavy (non-hydrogen) atoms. The van der Waals surface area contributed by atoms with Crippen molar-refractivity contribution in [1.29, 1.82) is 0 Å². The number of hydrogen-bond acceptors (Lipinski definition) is 5. The molecule has 3 rings (SSSR count). The molecule has 3 aromatic rings. The Balaban J connectivity index is 1.68. The molecule has 0 saturated carbocycles. The number of carbonyl (C=O) groups is 1. The minimum atomic E-state index is -0.134. The second kappa shape index (κ2) is 5.61. The van der Waals surface area contributed by atoms with E-state index >= 15 is 0 Å². The van der Waals surface area contributed by atoms with Gasteiger partial charge in [-0.25, -0.2) is 4.98 Å². The molecule has 0 atom stereocenters. The molecule has 0 aliphatic heterocycles. The van der Waals surface area contributed by atoms with E-state index in [1.807, 2.05) is 48.8 Å². The molecule has 0 radical (unpaired) electrons. The summed E-state index contributed by atoms with van der Waals surface area (Å²) in [6.45, 7) is 4.09. The molecule has 0 bridgehead atoms.